The molecule has 4 nitrogen and oxygen atoms in total. The van der Waals surface area contributed by atoms with E-state index in [0.29, 0.717) is 0 Å². The van der Waals surface area contributed by atoms with Gasteiger partial charge in [-0.05, 0) is 31.0 Å². The highest BCUT2D eigenvalue weighted by Crippen LogP contribution is 2.22. The van der Waals surface area contributed by atoms with Gasteiger partial charge in [0, 0.05) is 29.4 Å². The topological polar surface area (TPSA) is 56.1 Å². The molecule has 0 heterocycles. The lowest BCUT2D eigenvalue weighted by atomic mass is 9.94. The maximum atomic E-state index is 12.4. The molecule has 1 aliphatic carbocycles. The summed E-state index contributed by atoms with van der Waals surface area (Å²) in [6.07, 6.45) is 7.10. The third-order valence-corrected chi connectivity index (χ3v) is 4.49. The predicted octanol–water partition coefficient (Wildman–Crippen LogP) is 4.06. The van der Waals surface area contributed by atoms with Crippen LogP contribution in [0.4, 0.5) is 5.69 Å². The molecule has 1 amide bonds. The molecule has 1 saturated carbocycles. The van der Waals surface area contributed by atoms with E-state index in [1.54, 1.807) is 11.9 Å². The second-order valence-corrected chi connectivity index (χ2v) is 6.45. The van der Waals surface area contributed by atoms with Crippen LogP contribution >= 0.6 is 15.9 Å². The molecule has 1 aromatic rings. The van der Waals surface area contributed by atoms with Gasteiger partial charge < -0.3 is 10.2 Å². The van der Waals surface area contributed by atoms with Crippen LogP contribution in [-0.4, -0.2) is 23.9 Å². The smallest absolute Gasteiger partial charge is 0.266 e. The number of halogens is 1. The molecule has 0 spiro atoms. The zero-order valence-corrected chi connectivity index (χ0v) is 14.3. The van der Waals surface area contributed by atoms with Gasteiger partial charge >= 0.3 is 0 Å². The number of nitriles is 1. The highest BCUT2D eigenvalue weighted by atomic mass is 79.9. The molecule has 2 rings (SSSR count). The Morgan fingerprint density at radius 3 is 2.77 bits per heavy atom. The number of anilines is 1. The van der Waals surface area contributed by atoms with E-state index in [4.69, 9.17) is 0 Å². The molecule has 0 saturated heterocycles. The van der Waals surface area contributed by atoms with Gasteiger partial charge in [0.1, 0.15) is 11.6 Å². The number of benzene rings is 1. The number of amides is 1. The maximum Gasteiger partial charge on any atom is 0.266 e. The average Bonchev–Trinajstić information content (AvgIpc) is 2.55. The minimum atomic E-state index is -0.211. The Bertz CT molecular complexity index is 600. The Balaban J connectivity index is 2.04. The van der Waals surface area contributed by atoms with Crippen molar-refractivity contribution in [1.82, 2.24) is 4.90 Å². The van der Waals surface area contributed by atoms with Gasteiger partial charge in [-0.3, -0.25) is 4.79 Å². The number of hydrogen-bond donors (Lipinski definition) is 1. The molecule has 0 aliphatic heterocycles. The molecule has 0 unspecified atom stereocenters. The number of rotatable bonds is 4. The molecule has 5 heteroatoms. The van der Waals surface area contributed by atoms with Crippen LogP contribution in [0.25, 0.3) is 0 Å². The first-order valence-electron chi connectivity index (χ1n) is 7.51. The lowest BCUT2D eigenvalue weighted by Gasteiger charge is -2.31. The van der Waals surface area contributed by atoms with Gasteiger partial charge in [0.2, 0.25) is 0 Å². The second kappa shape index (κ2) is 8.00. The maximum absolute atomic E-state index is 12.4. The SMILES string of the molecule is CN(C(=O)/C(C#N)=C\Nc1cccc(Br)c1)C1CCCCC1. The van der Waals surface area contributed by atoms with Crippen molar-refractivity contribution in [3.8, 4) is 6.07 Å². The largest absolute Gasteiger partial charge is 0.360 e. The van der Waals surface area contributed by atoms with E-state index < -0.39 is 0 Å². The van der Waals surface area contributed by atoms with Crippen LogP contribution < -0.4 is 5.32 Å². The summed E-state index contributed by atoms with van der Waals surface area (Å²) in [5.74, 6) is -0.211. The van der Waals surface area contributed by atoms with Crippen molar-refractivity contribution in [1.29, 1.82) is 5.26 Å². The van der Waals surface area contributed by atoms with Gasteiger partial charge in [-0.25, -0.2) is 0 Å². The number of hydrogen-bond acceptors (Lipinski definition) is 3. The van der Waals surface area contributed by atoms with Crippen LogP contribution in [0.5, 0.6) is 0 Å². The molecule has 1 aromatic carbocycles. The first-order chi connectivity index (χ1) is 10.6. The summed E-state index contributed by atoms with van der Waals surface area (Å²) in [6, 6.07) is 9.84. The molecule has 116 valence electrons. The Morgan fingerprint density at radius 1 is 1.41 bits per heavy atom. The highest BCUT2D eigenvalue weighted by Gasteiger charge is 2.24. The first-order valence-corrected chi connectivity index (χ1v) is 8.30. The minimum absolute atomic E-state index is 0.132. The van der Waals surface area contributed by atoms with Crippen LogP contribution in [-0.2, 0) is 4.79 Å². The fraction of sp³-hybridized carbons (Fsp3) is 0.412. The van der Waals surface area contributed by atoms with Gasteiger partial charge in [-0.1, -0.05) is 41.3 Å². The Kier molecular flexibility index (Phi) is 6.02. The van der Waals surface area contributed by atoms with Crippen LogP contribution in [0.15, 0.2) is 40.5 Å². The third kappa shape index (κ3) is 4.35. The molecule has 0 bridgehead atoms. The van der Waals surface area contributed by atoms with Crippen molar-refractivity contribution in [2.45, 2.75) is 38.1 Å². The van der Waals surface area contributed by atoms with Crippen molar-refractivity contribution < 1.29 is 4.79 Å². The molecule has 0 aromatic heterocycles. The van der Waals surface area contributed by atoms with E-state index >= 15 is 0 Å². The minimum Gasteiger partial charge on any atom is -0.360 e. The zero-order chi connectivity index (χ0) is 15.9. The number of nitrogens with zero attached hydrogens (tertiary/aromatic N) is 2. The van der Waals surface area contributed by atoms with Gasteiger partial charge in [0.25, 0.3) is 5.91 Å². The van der Waals surface area contributed by atoms with E-state index in [1.165, 1.54) is 12.6 Å². The molecular weight excluding hydrogens is 342 g/mol. The molecule has 0 radical (unpaired) electrons. The third-order valence-electron chi connectivity index (χ3n) is 4.00. The second-order valence-electron chi connectivity index (χ2n) is 5.53. The van der Waals surface area contributed by atoms with E-state index in [9.17, 15) is 10.1 Å². The number of carbonyl (C=O) groups is 1. The number of likely N-dealkylation sites (N-methyl/N-ethyl adjacent to an activating group) is 1. The van der Waals surface area contributed by atoms with Crippen LogP contribution in [0.2, 0.25) is 0 Å². The van der Waals surface area contributed by atoms with E-state index in [1.807, 2.05) is 30.3 Å². The van der Waals surface area contributed by atoms with Crippen molar-refractivity contribution in [3.05, 3.63) is 40.5 Å². The summed E-state index contributed by atoms with van der Waals surface area (Å²) in [4.78, 5) is 14.2. The van der Waals surface area contributed by atoms with Crippen LogP contribution in [0.1, 0.15) is 32.1 Å². The Labute approximate surface area is 139 Å². The first kappa shape index (κ1) is 16.6. The summed E-state index contributed by atoms with van der Waals surface area (Å²) >= 11 is 3.39. The predicted molar refractivity (Wildman–Crippen MR) is 91.1 cm³/mol. The molecule has 22 heavy (non-hydrogen) atoms. The Morgan fingerprint density at radius 2 is 2.14 bits per heavy atom. The highest BCUT2D eigenvalue weighted by molar-refractivity contribution is 9.10. The average molecular weight is 362 g/mol. The summed E-state index contributed by atoms with van der Waals surface area (Å²) < 4.78 is 0.940. The fourth-order valence-corrected chi connectivity index (χ4v) is 3.10. The normalized spacial score (nSPS) is 16.0. The zero-order valence-electron chi connectivity index (χ0n) is 12.7. The molecule has 1 N–H and O–H groups in total. The summed E-state index contributed by atoms with van der Waals surface area (Å²) in [5, 5.41) is 12.3. The van der Waals surface area contributed by atoms with Gasteiger partial charge in [-0.2, -0.15) is 5.26 Å². The fourth-order valence-electron chi connectivity index (χ4n) is 2.70. The lowest BCUT2D eigenvalue weighted by Crippen LogP contribution is -2.39. The molecule has 1 fully saturated rings. The Hall–Kier alpha value is -1.80. The summed E-state index contributed by atoms with van der Waals surface area (Å²) in [5.41, 5.74) is 0.961. The number of nitrogens with one attached hydrogen (secondary N) is 1. The lowest BCUT2D eigenvalue weighted by molar-refractivity contribution is -0.128. The standard InChI is InChI=1S/C17H20BrN3O/c1-21(16-8-3-2-4-9-16)17(22)13(11-19)12-20-15-7-5-6-14(18)10-15/h5-7,10,12,16,20H,2-4,8-9H2,1H3/b13-12-. The van der Waals surface area contributed by atoms with Crippen molar-refractivity contribution in [2.24, 2.45) is 0 Å². The summed E-state index contributed by atoms with van der Waals surface area (Å²) in [6.45, 7) is 0. The molecule has 0 atom stereocenters. The van der Waals surface area contributed by atoms with Crippen LogP contribution in [0.3, 0.4) is 0 Å². The van der Waals surface area contributed by atoms with Crippen molar-refractivity contribution >= 4 is 27.5 Å². The molecule has 1 aliphatic rings. The number of carbonyl (C=O) groups excluding carboxylic acids is 1. The van der Waals surface area contributed by atoms with Gasteiger partial charge in [-0.15, -0.1) is 0 Å². The van der Waals surface area contributed by atoms with E-state index in [-0.39, 0.29) is 17.5 Å². The van der Waals surface area contributed by atoms with E-state index in [0.717, 1.165) is 35.8 Å². The quantitative estimate of drug-likeness (QED) is 0.649. The van der Waals surface area contributed by atoms with Gasteiger partial charge in [0.05, 0.1) is 0 Å². The monoisotopic (exact) mass is 361 g/mol. The van der Waals surface area contributed by atoms with E-state index in [2.05, 4.69) is 21.2 Å². The summed E-state index contributed by atoms with van der Waals surface area (Å²) in [7, 11) is 1.79. The van der Waals surface area contributed by atoms with Crippen molar-refractivity contribution in [2.75, 3.05) is 12.4 Å². The van der Waals surface area contributed by atoms with Crippen molar-refractivity contribution in [3.63, 3.8) is 0 Å². The molecular formula is C17H20BrN3O. The van der Waals surface area contributed by atoms with Crippen LogP contribution in [0, 0.1) is 11.3 Å². The van der Waals surface area contributed by atoms with Gasteiger partial charge in [0.15, 0.2) is 0 Å².